The van der Waals surface area contributed by atoms with E-state index in [0.717, 1.165) is 0 Å². The van der Waals surface area contributed by atoms with Gasteiger partial charge in [-0.2, -0.15) is 0 Å². The van der Waals surface area contributed by atoms with Crippen molar-refractivity contribution in [1.29, 1.82) is 0 Å². The SMILES string of the molecule is O=C(O)c1cccc(C(=O)NCC2COCCO2)c1. The molecule has 0 spiro atoms. The first-order chi connectivity index (χ1) is 9.16. The smallest absolute Gasteiger partial charge is 0.335 e. The summed E-state index contributed by atoms with van der Waals surface area (Å²) in [5.74, 6) is -1.38. The number of hydrogen-bond donors (Lipinski definition) is 2. The maximum atomic E-state index is 11.9. The van der Waals surface area contributed by atoms with Gasteiger partial charge in [-0.15, -0.1) is 0 Å². The number of benzene rings is 1. The molecule has 1 unspecified atom stereocenters. The van der Waals surface area contributed by atoms with Crippen molar-refractivity contribution in [1.82, 2.24) is 5.32 Å². The Morgan fingerprint density at radius 1 is 1.32 bits per heavy atom. The van der Waals surface area contributed by atoms with E-state index in [4.69, 9.17) is 14.6 Å². The first-order valence-corrected chi connectivity index (χ1v) is 5.97. The van der Waals surface area contributed by atoms with Crippen LogP contribution in [-0.2, 0) is 9.47 Å². The van der Waals surface area contributed by atoms with Crippen LogP contribution in [0.15, 0.2) is 24.3 Å². The van der Waals surface area contributed by atoms with Crippen LogP contribution in [0.5, 0.6) is 0 Å². The molecule has 1 saturated heterocycles. The fourth-order valence-corrected chi connectivity index (χ4v) is 1.76. The van der Waals surface area contributed by atoms with Crippen LogP contribution in [0.4, 0.5) is 0 Å². The van der Waals surface area contributed by atoms with E-state index in [1.807, 2.05) is 0 Å². The third-order valence-electron chi connectivity index (χ3n) is 2.75. The second-order valence-corrected chi connectivity index (χ2v) is 4.16. The van der Waals surface area contributed by atoms with Gasteiger partial charge in [-0.25, -0.2) is 4.79 Å². The Morgan fingerprint density at radius 3 is 2.79 bits per heavy atom. The third kappa shape index (κ3) is 3.77. The number of carbonyl (C=O) groups excluding carboxylic acids is 1. The molecule has 0 radical (unpaired) electrons. The average Bonchev–Trinajstić information content (AvgIpc) is 2.46. The third-order valence-corrected chi connectivity index (χ3v) is 2.75. The van der Waals surface area contributed by atoms with Gasteiger partial charge in [-0.1, -0.05) is 6.07 Å². The zero-order valence-electron chi connectivity index (χ0n) is 10.3. The molecular weight excluding hydrogens is 250 g/mol. The minimum atomic E-state index is -1.06. The van der Waals surface area contributed by atoms with Crippen LogP contribution in [0, 0.1) is 0 Å². The quantitative estimate of drug-likeness (QED) is 0.829. The Bertz CT molecular complexity index is 468. The average molecular weight is 265 g/mol. The summed E-state index contributed by atoms with van der Waals surface area (Å²) in [5, 5.41) is 11.6. The van der Waals surface area contributed by atoms with Crippen molar-refractivity contribution in [3.05, 3.63) is 35.4 Å². The first-order valence-electron chi connectivity index (χ1n) is 5.97. The molecule has 1 aliphatic heterocycles. The maximum Gasteiger partial charge on any atom is 0.335 e. The Hall–Kier alpha value is -1.92. The van der Waals surface area contributed by atoms with Gasteiger partial charge in [0.2, 0.25) is 0 Å². The highest BCUT2D eigenvalue weighted by atomic mass is 16.6. The van der Waals surface area contributed by atoms with E-state index in [9.17, 15) is 9.59 Å². The van der Waals surface area contributed by atoms with E-state index >= 15 is 0 Å². The molecule has 1 amide bonds. The van der Waals surface area contributed by atoms with E-state index in [0.29, 0.717) is 31.9 Å². The number of hydrogen-bond acceptors (Lipinski definition) is 4. The molecule has 2 rings (SSSR count). The van der Waals surface area contributed by atoms with Crippen molar-refractivity contribution in [3.8, 4) is 0 Å². The molecule has 0 aromatic heterocycles. The van der Waals surface area contributed by atoms with Crippen LogP contribution in [-0.4, -0.2) is 49.5 Å². The van der Waals surface area contributed by atoms with Gasteiger partial charge in [0, 0.05) is 12.1 Å². The number of carbonyl (C=O) groups is 2. The van der Waals surface area contributed by atoms with Gasteiger partial charge in [-0.05, 0) is 18.2 Å². The molecule has 19 heavy (non-hydrogen) atoms. The molecule has 102 valence electrons. The highest BCUT2D eigenvalue weighted by Crippen LogP contribution is 2.06. The van der Waals surface area contributed by atoms with Crippen LogP contribution in [0.25, 0.3) is 0 Å². The topological polar surface area (TPSA) is 84.9 Å². The summed E-state index contributed by atoms with van der Waals surface area (Å²) in [5.41, 5.74) is 0.404. The Kier molecular flexibility index (Phi) is 4.48. The summed E-state index contributed by atoms with van der Waals surface area (Å²) < 4.78 is 10.6. The van der Waals surface area contributed by atoms with Crippen molar-refractivity contribution in [2.45, 2.75) is 6.10 Å². The van der Waals surface area contributed by atoms with Crippen molar-refractivity contribution < 1.29 is 24.2 Å². The molecule has 2 N–H and O–H groups in total. The predicted molar refractivity (Wildman–Crippen MR) is 66.3 cm³/mol. The fourth-order valence-electron chi connectivity index (χ4n) is 1.76. The molecule has 0 aliphatic carbocycles. The highest BCUT2D eigenvalue weighted by Gasteiger charge is 2.16. The van der Waals surface area contributed by atoms with E-state index in [-0.39, 0.29) is 17.6 Å². The number of nitrogens with one attached hydrogen (secondary N) is 1. The maximum absolute atomic E-state index is 11.9. The van der Waals surface area contributed by atoms with E-state index in [1.54, 1.807) is 12.1 Å². The summed E-state index contributed by atoms with van der Waals surface area (Å²) in [4.78, 5) is 22.7. The monoisotopic (exact) mass is 265 g/mol. The minimum absolute atomic E-state index is 0.0879. The number of amides is 1. The van der Waals surface area contributed by atoms with Gasteiger partial charge >= 0.3 is 5.97 Å². The largest absolute Gasteiger partial charge is 0.478 e. The van der Waals surface area contributed by atoms with Crippen LogP contribution in [0.1, 0.15) is 20.7 Å². The molecule has 6 nitrogen and oxygen atoms in total. The van der Waals surface area contributed by atoms with E-state index < -0.39 is 5.97 Å². The number of aromatic carboxylic acids is 1. The van der Waals surface area contributed by atoms with Gasteiger partial charge in [0.05, 0.1) is 31.5 Å². The lowest BCUT2D eigenvalue weighted by molar-refractivity contribution is -0.0855. The minimum Gasteiger partial charge on any atom is -0.478 e. The molecule has 1 atom stereocenters. The molecule has 1 heterocycles. The van der Waals surface area contributed by atoms with Crippen molar-refractivity contribution >= 4 is 11.9 Å². The zero-order chi connectivity index (χ0) is 13.7. The van der Waals surface area contributed by atoms with E-state index in [2.05, 4.69) is 5.32 Å². The molecular formula is C13H15NO5. The van der Waals surface area contributed by atoms with Crippen molar-refractivity contribution in [3.63, 3.8) is 0 Å². The lowest BCUT2D eigenvalue weighted by Crippen LogP contribution is -2.39. The number of ether oxygens (including phenoxy) is 2. The lowest BCUT2D eigenvalue weighted by Gasteiger charge is -2.23. The summed E-state index contributed by atoms with van der Waals surface area (Å²) in [6, 6.07) is 5.89. The van der Waals surface area contributed by atoms with Gasteiger partial charge in [0.15, 0.2) is 0 Å². The van der Waals surface area contributed by atoms with Crippen molar-refractivity contribution in [2.24, 2.45) is 0 Å². The Labute approximate surface area is 110 Å². The zero-order valence-corrected chi connectivity index (χ0v) is 10.3. The standard InChI is InChI=1S/C13H15NO5/c15-12(14-7-11-8-18-4-5-19-11)9-2-1-3-10(6-9)13(16)17/h1-3,6,11H,4-5,7-8H2,(H,14,15)(H,16,17). The number of rotatable bonds is 4. The molecule has 0 saturated carbocycles. The molecule has 0 bridgehead atoms. The summed E-state index contributed by atoms with van der Waals surface area (Å²) in [6.07, 6.45) is -0.152. The van der Waals surface area contributed by atoms with Crippen LogP contribution in [0.2, 0.25) is 0 Å². The van der Waals surface area contributed by atoms with Gasteiger partial charge in [0.1, 0.15) is 0 Å². The Balaban J connectivity index is 1.92. The second-order valence-electron chi connectivity index (χ2n) is 4.16. The summed E-state index contributed by atoms with van der Waals surface area (Å²) in [6.45, 7) is 1.89. The summed E-state index contributed by atoms with van der Waals surface area (Å²) >= 11 is 0. The molecule has 1 aliphatic rings. The lowest BCUT2D eigenvalue weighted by atomic mass is 10.1. The van der Waals surface area contributed by atoms with Crippen LogP contribution < -0.4 is 5.32 Å². The normalized spacial score (nSPS) is 18.8. The van der Waals surface area contributed by atoms with Crippen molar-refractivity contribution in [2.75, 3.05) is 26.4 Å². The van der Waals surface area contributed by atoms with Gasteiger partial charge < -0.3 is 19.9 Å². The highest BCUT2D eigenvalue weighted by molar-refractivity contribution is 5.97. The van der Waals surface area contributed by atoms with Crippen LogP contribution >= 0.6 is 0 Å². The molecule has 1 fully saturated rings. The molecule has 1 aromatic carbocycles. The van der Waals surface area contributed by atoms with Gasteiger partial charge in [0.25, 0.3) is 5.91 Å². The second kappa shape index (κ2) is 6.31. The summed E-state index contributed by atoms with van der Waals surface area (Å²) in [7, 11) is 0. The van der Waals surface area contributed by atoms with E-state index in [1.165, 1.54) is 12.1 Å². The van der Waals surface area contributed by atoms with Crippen LogP contribution in [0.3, 0.4) is 0 Å². The molecule has 1 aromatic rings. The predicted octanol–water partition coefficient (Wildman–Crippen LogP) is 0.530. The fraction of sp³-hybridized carbons (Fsp3) is 0.385. The first kappa shape index (κ1) is 13.5. The Morgan fingerprint density at radius 2 is 2.11 bits per heavy atom. The van der Waals surface area contributed by atoms with Gasteiger partial charge in [-0.3, -0.25) is 4.79 Å². The number of carboxylic acids is 1. The number of carboxylic acid groups (broad SMARTS) is 1. The molecule has 6 heteroatoms.